The fourth-order valence-corrected chi connectivity index (χ4v) is 1.65. The molecule has 0 unspecified atom stereocenters. The lowest BCUT2D eigenvalue weighted by Gasteiger charge is -2.06. The van der Waals surface area contributed by atoms with Gasteiger partial charge in [0.05, 0.1) is 18.3 Å². The third-order valence-electron chi connectivity index (χ3n) is 2.57. The van der Waals surface area contributed by atoms with Crippen LogP contribution in [-0.4, -0.2) is 25.2 Å². The second kappa shape index (κ2) is 4.66. The quantitative estimate of drug-likeness (QED) is 0.899. The predicted octanol–water partition coefficient (Wildman–Crippen LogP) is 0.982. The number of carbonyl (C=O) groups is 1. The molecule has 94 valence electrons. The largest absolute Gasteiger partial charge is 0.478 e. The first kappa shape index (κ1) is 12.4. The predicted molar refractivity (Wildman–Crippen MR) is 65.0 cm³/mol. The fraction of sp³-hybridized carbons (Fsp3) is 0.182. The minimum atomic E-state index is -1.08. The van der Waals surface area contributed by atoms with Crippen molar-refractivity contribution in [2.45, 2.75) is 6.54 Å². The Hall–Kier alpha value is -2.08. The van der Waals surface area contributed by atoms with E-state index < -0.39 is 5.97 Å². The van der Waals surface area contributed by atoms with Crippen LogP contribution in [0.1, 0.15) is 16.2 Å². The van der Waals surface area contributed by atoms with E-state index in [1.54, 1.807) is 11.6 Å². The zero-order chi connectivity index (χ0) is 13.3. The SMILES string of the molecule is Cn1c(Cl)cnc1Cn1cc(C(=O)O)ccc1=O. The fourth-order valence-electron chi connectivity index (χ4n) is 1.50. The van der Waals surface area contributed by atoms with Gasteiger partial charge in [0.1, 0.15) is 11.0 Å². The highest BCUT2D eigenvalue weighted by Crippen LogP contribution is 2.09. The molecule has 6 nitrogen and oxygen atoms in total. The number of rotatable bonds is 3. The van der Waals surface area contributed by atoms with Crippen molar-refractivity contribution in [1.29, 1.82) is 0 Å². The lowest BCUT2D eigenvalue weighted by molar-refractivity contribution is 0.0696. The van der Waals surface area contributed by atoms with Gasteiger partial charge in [-0.3, -0.25) is 4.79 Å². The van der Waals surface area contributed by atoms with Gasteiger partial charge in [0.15, 0.2) is 0 Å². The summed E-state index contributed by atoms with van der Waals surface area (Å²) in [6, 6.07) is 2.49. The third-order valence-corrected chi connectivity index (χ3v) is 2.92. The molecule has 0 aromatic carbocycles. The van der Waals surface area contributed by atoms with Crippen LogP contribution < -0.4 is 5.56 Å². The maximum Gasteiger partial charge on any atom is 0.337 e. The number of pyridine rings is 1. The minimum Gasteiger partial charge on any atom is -0.478 e. The third kappa shape index (κ3) is 2.28. The van der Waals surface area contributed by atoms with Crippen molar-refractivity contribution >= 4 is 17.6 Å². The molecule has 2 aromatic heterocycles. The molecule has 0 fully saturated rings. The molecule has 0 bridgehead atoms. The van der Waals surface area contributed by atoms with Crippen molar-refractivity contribution in [2.24, 2.45) is 7.05 Å². The highest BCUT2D eigenvalue weighted by Gasteiger charge is 2.09. The summed E-state index contributed by atoms with van der Waals surface area (Å²) in [5, 5.41) is 9.32. The van der Waals surface area contributed by atoms with Crippen molar-refractivity contribution < 1.29 is 9.90 Å². The van der Waals surface area contributed by atoms with E-state index in [0.29, 0.717) is 11.0 Å². The normalized spacial score (nSPS) is 10.6. The summed E-state index contributed by atoms with van der Waals surface area (Å²) in [5.74, 6) is -0.508. The number of nitrogens with zero attached hydrogens (tertiary/aromatic N) is 3. The first-order valence-electron chi connectivity index (χ1n) is 5.09. The Morgan fingerprint density at radius 3 is 2.78 bits per heavy atom. The van der Waals surface area contributed by atoms with Gasteiger partial charge in [-0.25, -0.2) is 9.78 Å². The van der Waals surface area contributed by atoms with E-state index in [9.17, 15) is 9.59 Å². The summed E-state index contributed by atoms with van der Waals surface area (Å²) < 4.78 is 2.91. The van der Waals surface area contributed by atoms with Gasteiger partial charge < -0.3 is 14.2 Å². The summed E-state index contributed by atoms with van der Waals surface area (Å²) in [5.41, 5.74) is -0.242. The van der Waals surface area contributed by atoms with Crippen LogP contribution in [0.5, 0.6) is 0 Å². The second-order valence-electron chi connectivity index (χ2n) is 3.75. The molecule has 1 N–H and O–H groups in total. The zero-order valence-electron chi connectivity index (χ0n) is 9.50. The van der Waals surface area contributed by atoms with E-state index in [4.69, 9.17) is 16.7 Å². The highest BCUT2D eigenvalue weighted by molar-refractivity contribution is 6.29. The van der Waals surface area contributed by atoms with Crippen LogP contribution in [0.25, 0.3) is 0 Å². The summed E-state index contributed by atoms with van der Waals surface area (Å²) in [4.78, 5) is 26.5. The van der Waals surface area contributed by atoms with Crippen LogP contribution in [0.4, 0.5) is 0 Å². The minimum absolute atomic E-state index is 0.0508. The number of hydrogen-bond donors (Lipinski definition) is 1. The Morgan fingerprint density at radius 1 is 1.50 bits per heavy atom. The van der Waals surface area contributed by atoms with Crippen LogP contribution in [0, 0.1) is 0 Å². The van der Waals surface area contributed by atoms with Crippen molar-refractivity contribution in [2.75, 3.05) is 0 Å². The molecule has 2 aromatic rings. The average molecular weight is 268 g/mol. The Kier molecular flexibility index (Phi) is 3.20. The van der Waals surface area contributed by atoms with Gasteiger partial charge in [0, 0.05) is 19.3 Å². The van der Waals surface area contributed by atoms with E-state index >= 15 is 0 Å². The van der Waals surface area contributed by atoms with Gasteiger partial charge in [-0.2, -0.15) is 0 Å². The molecule has 2 heterocycles. The molecular weight excluding hydrogens is 258 g/mol. The van der Waals surface area contributed by atoms with Crippen LogP contribution >= 0.6 is 11.6 Å². The number of hydrogen-bond acceptors (Lipinski definition) is 3. The standard InChI is InChI=1S/C11H10ClN3O3/c1-14-8(12)4-13-9(14)6-15-5-7(11(17)18)2-3-10(15)16/h2-5H,6H2,1H3,(H,17,18). The summed E-state index contributed by atoms with van der Waals surface area (Å²) >= 11 is 5.84. The van der Waals surface area contributed by atoms with Crippen LogP contribution in [0.15, 0.2) is 29.3 Å². The number of aromatic nitrogens is 3. The molecule has 0 atom stereocenters. The van der Waals surface area contributed by atoms with E-state index in [0.717, 1.165) is 0 Å². The van der Waals surface area contributed by atoms with Gasteiger partial charge in [0.25, 0.3) is 5.56 Å². The number of carboxylic acids is 1. The van der Waals surface area contributed by atoms with E-state index in [2.05, 4.69) is 4.98 Å². The van der Waals surface area contributed by atoms with E-state index in [-0.39, 0.29) is 17.7 Å². The summed E-state index contributed by atoms with van der Waals surface area (Å²) in [6.07, 6.45) is 2.76. The highest BCUT2D eigenvalue weighted by atomic mass is 35.5. The number of halogens is 1. The molecule has 18 heavy (non-hydrogen) atoms. The molecule has 0 saturated heterocycles. The van der Waals surface area contributed by atoms with E-state index in [1.807, 2.05) is 0 Å². The molecule has 7 heteroatoms. The van der Waals surface area contributed by atoms with Gasteiger partial charge in [-0.15, -0.1) is 0 Å². The molecule has 0 radical (unpaired) electrons. The van der Waals surface area contributed by atoms with Gasteiger partial charge in [-0.1, -0.05) is 11.6 Å². The Balaban J connectivity index is 2.40. The van der Waals surface area contributed by atoms with Gasteiger partial charge in [-0.05, 0) is 6.07 Å². The maximum atomic E-state index is 11.6. The lowest BCUT2D eigenvalue weighted by atomic mass is 10.3. The number of imidazole rings is 1. The van der Waals surface area contributed by atoms with Crippen molar-refractivity contribution in [3.05, 3.63) is 51.4 Å². The van der Waals surface area contributed by atoms with E-state index in [1.165, 1.54) is 29.1 Å². The molecule has 0 aliphatic carbocycles. The average Bonchev–Trinajstić information content (AvgIpc) is 2.63. The first-order chi connectivity index (χ1) is 8.49. The molecule has 0 amide bonds. The molecule has 0 saturated carbocycles. The molecule has 0 spiro atoms. The number of carboxylic acid groups (broad SMARTS) is 1. The Morgan fingerprint density at radius 2 is 2.22 bits per heavy atom. The summed E-state index contributed by atoms with van der Waals surface area (Å²) in [6.45, 7) is 0.170. The Bertz CT molecular complexity index is 660. The van der Waals surface area contributed by atoms with Crippen LogP contribution in [0.2, 0.25) is 5.15 Å². The Labute approximate surface area is 107 Å². The van der Waals surface area contributed by atoms with Gasteiger partial charge in [0.2, 0.25) is 0 Å². The van der Waals surface area contributed by atoms with Crippen molar-refractivity contribution in [1.82, 2.24) is 14.1 Å². The van der Waals surface area contributed by atoms with Crippen molar-refractivity contribution in [3.63, 3.8) is 0 Å². The lowest BCUT2D eigenvalue weighted by Crippen LogP contribution is -2.22. The topological polar surface area (TPSA) is 77.1 Å². The van der Waals surface area contributed by atoms with Crippen LogP contribution in [0.3, 0.4) is 0 Å². The monoisotopic (exact) mass is 267 g/mol. The van der Waals surface area contributed by atoms with Gasteiger partial charge >= 0.3 is 5.97 Å². The maximum absolute atomic E-state index is 11.6. The smallest absolute Gasteiger partial charge is 0.337 e. The molecule has 2 rings (SSSR count). The zero-order valence-corrected chi connectivity index (χ0v) is 10.3. The summed E-state index contributed by atoms with van der Waals surface area (Å²) in [7, 11) is 1.72. The van der Waals surface area contributed by atoms with Crippen molar-refractivity contribution in [3.8, 4) is 0 Å². The first-order valence-corrected chi connectivity index (χ1v) is 5.46. The molecule has 0 aliphatic rings. The van der Waals surface area contributed by atoms with Crippen LogP contribution in [-0.2, 0) is 13.6 Å². The molecular formula is C11H10ClN3O3. The molecule has 0 aliphatic heterocycles. The second-order valence-corrected chi connectivity index (χ2v) is 4.13. The number of aromatic carboxylic acids is 1.